The number of nitrogens with zero attached hydrogens (tertiary/aromatic N) is 6. The van der Waals surface area contributed by atoms with Gasteiger partial charge in [0.2, 0.25) is 0 Å². The molecule has 6 heteroatoms. The predicted octanol–water partition coefficient (Wildman–Crippen LogP) is 1.50. The molecule has 1 aliphatic heterocycles. The van der Waals surface area contributed by atoms with E-state index in [2.05, 4.69) is 42.3 Å². The van der Waals surface area contributed by atoms with E-state index in [0.29, 0.717) is 0 Å². The van der Waals surface area contributed by atoms with Gasteiger partial charge in [0.05, 0.1) is 18.4 Å². The van der Waals surface area contributed by atoms with Gasteiger partial charge in [0.25, 0.3) is 0 Å². The van der Waals surface area contributed by atoms with Gasteiger partial charge >= 0.3 is 0 Å². The Labute approximate surface area is 123 Å². The Morgan fingerprint density at radius 3 is 3.14 bits per heavy atom. The summed E-state index contributed by atoms with van der Waals surface area (Å²) >= 11 is 0. The summed E-state index contributed by atoms with van der Waals surface area (Å²) in [6.07, 6.45) is 6.25. The molecule has 4 heterocycles. The van der Waals surface area contributed by atoms with Crippen LogP contribution in [-0.4, -0.2) is 36.1 Å². The summed E-state index contributed by atoms with van der Waals surface area (Å²) in [6.45, 7) is 2.71. The van der Waals surface area contributed by atoms with Crippen LogP contribution in [-0.2, 0) is 26.1 Å². The van der Waals surface area contributed by atoms with Crippen molar-refractivity contribution in [3.63, 3.8) is 0 Å². The van der Waals surface area contributed by atoms with E-state index in [1.807, 2.05) is 24.4 Å². The molecular weight excluding hydrogens is 264 g/mol. The van der Waals surface area contributed by atoms with E-state index in [-0.39, 0.29) is 0 Å². The second-order valence-corrected chi connectivity index (χ2v) is 5.64. The summed E-state index contributed by atoms with van der Waals surface area (Å²) in [7, 11) is 2.11. The molecule has 0 amide bonds. The fourth-order valence-electron chi connectivity index (χ4n) is 3.00. The van der Waals surface area contributed by atoms with Crippen molar-refractivity contribution < 1.29 is 0 Å². The van der Waals surface area contributed by atoms with Gasteiger partial charge in [-0.05, 0) is 25.6 Å². The van der Waals surface area contributed by atoms with Crippen molar-refractivity contribution in [1.82, 2.24) is 29.0 Å². The molecule has 0 unspecified atom stereocenters. The van der Waals surface area contributed by atoms with Crippen LogP contribution in [0.3, 0.4) is 0 Å². The van der Waals surface area contributed by atoms with E-state index in [1.54, 1.807) is 0 Å². The second kappa shape index (κ2) is 4.96. The first-order valence-corrected chi connectivity index (χ1v) is 7.32. The Balaban J connectivity index is 1.52. The minimum absolute atomic E-state index is 0.813. The number of pyridine rings is 1. The predicted molar refractivity (Wildman–Crippen MR) is 78.7 cm³/mol. The Hall–Kier alpha value is -2.21. The average molecular weight is 282 g/mol. The minimum atomic E-state index is 0.813. The number of hydrogen-bond acceptors (Lipinski definition) is 4. The van der Waals surface area contributed by atoms with Crippen LogP contribution in [0.5, 0.6) is 0 Å². The first-order valence-electron chi connectivity index (χ1n) is 7.32. The number of fused-ring (bicyclic) bond motifs is 2. The molecule has 0 aliphatic carbocycles. The SMILES string of the molecule is CN(Cc1nnc2n1CCC2)Cc1cnc2ccccn12. The first-order chi connectivity index (χ1) is 10.3. The van der Waals surface area contributed by atoms with Crippen molar-refractivity contribution in [3.8, 4) is 0 Å². The molecule has 0 aromatic carbocycles. The number of hydrogen-bond donors (Lipinski definition) is 0. The molecule has 0 N–H and O–H groups in total. The lowest BCUT2D eigenvalue weighted by Gasteiger charge is -2.16. The highest BCUT2D eigenvalue weighted by Gasteiger charge is 2.18. The Morgan fingerprint density at radius 1 is 1.24 bits per heavy atom. The largest absolute Gasteiger partial charge is 0.314 e. The van der Waals surface area contributed by atoms with Crippen molar-refractivity contribution in [2.75, 3.05) is 7.05 Å². The molecule has 1 aliphatic rings. The van der Waals surface area contributed by atoms with Gasteiger partial charge < -0.3 is 8.97 Å². The van der Waals surface area contributed by atoms with Crippen LogP contribution in [0.25, 0.3) is 5.65 Å². The van der Waals surface area contributed by atoms with Gasteiger partial charge in [-0.1, -0.05) is 6.07 Å². The van der Waals surface area contributed by atoms with Crippen LogP contribution in [0.15, 0.2) is 30.6 Å². The standard InChI is InChI=1S/C15H18N6/c1-19(11-15-18-17-14-6-4-8-21(14)15)10-12-9-16-13-5-2-3-7-20(12)13/h2-3,5,7,9H,4,6,8,10-11H2,1H3. The molecule has 0 saturated carbocycles. The number of aryl methyl sites for hydroxylation is 1. The first kappa shape index (κ1) is 12.5. The third kappa shape index (κ3) is 2.21. The maximum atomic E-state index is 4.43. The third-order valence-corrected chi connectivity index (χ3v) is 4.02. The molecule has 0 radical (unpaired) electrons. The van der Waals surface area contributed by atoms with Gasteiger partial charge in [0, 0.05) is 25.7 Å². The van der Waals surface area contributed by atoms with E-state index < -0.39 is 0 Å². The summed E-state index contributed by atoms with van der Waals surface area (Å²) < 4.78 is 4.38. The highest BCUT2D eigenvalue weighted by molar-refractivity contribution is 5.39. The zero-order chi connectivity index (χ0) is 14.2. The fourth-order valence-corrected chi connectivity index (χ4v) is 3.00. The molecule has 0 saturated heterocycles. The number of rotatable bonds is 4. The van der Waals surface area contributed by atoms with E-state index in [9.17, 15) is 0 Å². The zero-order valence-corrected chi connectivity index (χ0v) is 12.1. The van der Waals surface area contributed by atoms with Crippen molar-refractivity contribution in [2.24, 2.45) is 0 Å². The second-order valence-electron chi connectivity index (χ2n) is 5.64. The maximum Gasteiger partial charge on any atom is 0.147 e. The lowest BCUT2D eigenvalue weighted by atomic mass is 10.4. The molecule has 6 nitrogen and oxygen atoms in total. The normalized spacial score (nSPS) is 14.2. The van der Waals surface area contributed by atoms with Crippen LogP contribution >= 0.6 is 0 Å². The van der Waals surface area contributed by atoms with Crippen LogP contribution in [0, 0.1) is 0 Å². The fraction of sp³-hybridized carbons (Fsp3) is 0.400. The van der Waals surface area contributed by atoms with E-state index in [1.165, 1.54) is 12.1 Å². The molecule has 0 atom stereocenters. The summed E-state index contributed by atoms with van der Waals surface area (Å²) in [4.78, 5) is 6.69. The Kier molecular flexibility index (Phi) is 2.96. The van der Waals surface area contributed by atoms with Gasteiger partial charge in [-0.15, -0.1) is 10.2 Å². The molecule has 0 bridgehead atoms. The van der Waals surface area contributed by atoms with Crippen molar-refractivity contribution in [2.45, 2.75) is 32.5 Å². The zero-order valence-electron chi connectivity index (χ0n) is 12.1. The van der Waals surface area contributed by atoms with Crippen molar-refractivity contribution in [3.05, 3.63) is 47.9 Å². The van der Waals surface area contributed by atoms with Crippen LogP contribution in [0.2, 0.25) is 0 Å². The number of imidazole rings is 1. The van der Waals surface area contributed by atoms with Gasteiger partial charge in [0.15, 0.2) is 0 Å². The maximum absolute atomic E-state index is 4.43. The van der Waals surface area contributed by atoms with E-state index in [0.717, 1.165) is 43.4 Å². The molecular formula is C15H18N6. The summed E-state index contributed by atoms with van der Waals surface area (Å²) in [6, 6.07) is 6.06. The Morgan fingerprint density at radius 2 is 2.19 bits per heavy atom. The van der Waals surface area contributed by atoms with E-state index in [4.69, 9.17) is 0 Å². The lowest BCUT2D eigenvalue weighted by molar-refractivity contribution is 0.300. The molecule has 108 valence electrons. The van der Waals surface area contributed by atoms with Gasteiger partial charge in [-0.25, -0.2) is 4.98 Å². The molecule has 3 aromatic rings. The van der Waals surface area contributed by atoms with Crippen molar-refractivity contribution >= 4 is 5.65 Å². The van der Waals surface area contributed by atoms with Gasteiger partial charge in [-0.2, -0.15) is 0 Å². The highest BCUT2D eigenvalue weighted by Crippen LogP contribution is 2.16. The summed E-state index contributed by atoms with van der Waals surface area (Å²) in [5.74, 6) is 2.20. The van der Waals surface area contributed by atoms with Crippen LogP contribution < -0.4 is 0 Å². The minimum Gasteiger partial charge on any atom is -0.314 e. The summed E-state index contributed by atoms with van der Waals surface area (Å²) in [5.41, 5.74) is 2.18. The molecule has 21 heavy (non-hydrogen) atoms. The van der Waals surface area contributed by atoms with Crippen LogP contribution in [0.1, 0.15) is 23.8 Å². The monoisotopic (exact) mass is 282 g/mol. The van der Waals surface area contributed by atoms with Gasteiger partial charge in [-0.3, -0.25) is 4.90 Å². The third-order valence-electron chi connectivity index (χ3n) is 4.02. The molecule has 0 spiro atoms. The average Bonchev–Trinajstić information content (AvgIpc) is 3.17. The van der Waals surface area contributed by atoms with Gasteiger partial charge in [0.1, 0.15) is 17.3 Å². The summed E-state index contributed by atoms with van der Waals surface area (Å²) in [5, 5.41) is 8.58. The van der Waals surface area contributed by atoms with Crippen molar-refractivity contribution in [1.29, 1.82) is 0 Å². The molecule has 0 fully saturated rings. The highest BCUT2D eigenvalue weighted by atomic mass is 15.3. The van der Waals surface area contributed by atoms with Crippen LogP contribution in [0.4, 0.5) is 0 Å². The molecule has 3 aromatic heterocycles. The quantitative estimate of drug-likeness (QED) is 0.728. The topological polar surface area (TPSA) is 51.2 Å². The van der Waals surface area contributed by atoms with E-state index >= 15 is 0 Å². The number of aromatic nitrogens is 5. The lowest BCUT2D eigenvalue weighted by Crippen LogP contribution is -2.20. The molecule has 4 rings (SSSR count). The Bertz CT molecular complexity index is 771. The smallest absolute Gasteiger partial charge is 0.147 e.